The number of rotatable bonds is 5. The van der Waals surface area contributed by atoms with Crippen LogP contribution in [-0.4, -0.2) is 5.92 Å². The Labute approximate surface area is 118 Å². The van der Waals surface area contributed by atoms with E-state index in [1.807, 2.05) is 12.1 Å². The maximum atomic E-state index is 13.7. The summed E-state index contributed by atoms with van der Waals surface area (Å²) in [5, 5.41) is 9.29. The van der Waals surface area contributed by atoms with Crippen molar-refractivity contribution in [1.29, 1.82) is 5.26 Å². The van der Waals surface area contributed by atoms with Crippen molar-refractivity contribution in [2.45, 2.75) is 25.7 Å². The highest BCUT2D eigenvalue weighted by Gasteiger charge is 2.32. The van der Waals surface area contributed by atoms with Gasteiger partial charge in [-0.1, -0.05) is 55.1 Å². The molecule has 0 aliphatic heterocycles. The first-order valence-corrected chi connectivity index (χ1v) is 6.26. The molecule has 1 unspecified atom stereocenters. The smallest absolute Gasteiger partial charge is 0.202 e. The van der Waals surface area contributed by atoms with E-state index in [-0.39, 0.29) is 11.1 Å². The Morgan fingerprint density at radius 3 is 2.40 bits per heavy atom. The molecule has 0 fully saturated rings. The Kier molecular flexibility index (Phi) is 5.40. The zero-order valence-corrected chi connectivity index (χ0v) is 11.6. The summed E-state index contributed by atoms with van der Waals surface area (Å²) < 4.78 is 27.4. The van der Waals surface area contributed by atoms with Crippen molar-refractivity contribution in [1.82, 2.24) is 0 Å². The topological polar surface area (TPSA) is 23.8 Å². The molecule has 3 heteroatoms. The molecule has 1 aromatic rings. The van der Waals surface area contributed by atoms with Gasteiger partial charge in [-0.25, -0.2) is 8.78 Å². The summed E-state index contributed by atoms with van der Waals surface area (Å²) in [5.74, 6) is -3.82. The van der Waals surface area contributed by atoms with E-state index in [1.54, 1.807) is 37.3 Å². The minimum absolute atomic E-state index is 0.129. The summed E-state index contributed by atoms with van der Waals surface area (Å²) >= 11 is 0. The molecule has 1 atom stereocenters. The van der Waals surface area contributed by atoms with Crippen LogP contribution in [0.2, 0.25) is 0 Å². The third kappa shape index (κ3) is 3.89. The van der Waals surface area contributed by atoms with Crippen molar-refractivity contribution in [2.24, 2.45) is 0 Å². The highest BCUT2D eigenvalue weighted by molar-refractivity contribution is 5.47. The molecule has 0 aliphatic rings. The van der Waals surface area contributed by atoms with E-state index in [0.29, 0.717) is 5.56 Å². The van der Waals surface area contributed by atoms with Crippen LogP contribution in [0.4, 0.5) is 8.78 Å². The number of benzene rings is 1. The van der Waals surface area contributed by atoms with Gasteiger partial charge in [-0.2, -0.15) is 5.26 Å². The van der Waals surface area contributed by atoms with Crippen LogP contribution >= 0.6 is 0 Å². The Hall–Kier alpha value is -2.21. The molecule has 0 aliphatic carbocycles. The van der Waals surface area contributed by atoms with Crippen LogP contribution in [0, 0.1) is 11.3 Å². The lowest BCUT2D eigenvalue weighted by Crippen LogP contribution is -2.18. The normalized spacial score (nSPS) is 14.1. The highest BCUT2D eigenvalue weighted by atomic mass is 19.3. The second-order valence-corrected chi connectivity index (χ2v) is 4.49. The molecule has 20 heavy (non-hydrogen) atoms. The molecule has 0 aromatic heterocycles. The number of hydrogen-bond donors (Lipinski definition) is 0. The number of nitrogens with zero attached hydrogens (tertiary/aromatic N) is 1. The highest BCUT2D eigenvalue weighted by Crippen LogP contribution is 2.36. The van der Waals surface area contributed by atoms with E-state index in [2.05, 4.69) is 6.58 Å². The first kappa shape index (κ1) is 15.8. The van der Waals surface area contributed by atoms with E-state index in [1.165, 1.54) is 12.2 Å². The minimum Gasteiger partial charge on any atom is -0.202 e. The summed E-state index contributed by atoms with van der Waals surface area (Å²) in [6.07, 6.45) is 4.50. The van der Waals surface area contributed by atoms with Crippen LogP contribution in [0.1, 0.15) is 25.3 Å². The molecule has 0 heterocycles. The molecule has 104 valence electrons. The molecule has 0 bridgehead atoms. The van der Waals surface area contributed by atoms with Crippen LogP contribution in [0.25, 0.3) is 0 Å². The third-order valence-electron chi connectivity index (χ3n) is 2.88. The van der Waals surface area contributed by atoms with Gasteiger partial charge in [0.05, 0.1) is 12.0 Å². The van der Waals surface area contributed by atoms with Crippen molar-refractivity contribution in [2.75, 3.05) is 0 Å². The lowest BCUT2D eigenvalue weighted by atomic mass is 9.86. The monoisotopic (exact) mass is 273 g/mol. The van der Waals surface area contributed by atoms with Crippen LogP contribution in [0.3, 0.4) is 0 Å². The number of alkyl halides is 2. The van der Waals surface area contributed by atoms with Gasteiger partial charge in [0.2, 0.25) is 0 Å². The number of halogens is 2. The van der Waals surface area contributed by atoms with Gasteiger partial charge in [-0.3, -0.25) is 0 Å². The molecule has 0 saturated heterocycles. The molecule has 0 amide bonds. The van der Waals surface area contributed by atoms with Gasteiger partial charge in [-0.15, -0.1) is 0 Å². The Balaban J connectivity index is 3.22. The Morgan fingerprint density at radius 2 is 1.95 bits per heavy atom. The van der Waals surface area contributed by atoms with Gasteiger partial charge in [-0.05, 0) is 18.1 Å². The lowest BCUT2D eigenvalue weighted by Gasteiger charge is -2.21. The molecule has 0 N–H and O–H groups in total. The minimum atomic E-state index is -3.04. The zero-order chi connectivity index (χ0) is 15.2. The van der Waals surface area contributed by atoms with E-state index < -0.39 is 11.8 Å². The Morgan fingerprint density at radius 1 is 1.35 bits per heavy atom. The van der Waals surface area contributed by atoms with E-state index >= 15 is 0 Å². The molecular formula is C17H17F2N. The molecule has 1 aromatic carbocycles. The average Bonchev–Trinajstić information content (AvgIpc) is 2.40. The molecule has 1 rings (SSSR count). The predicted octanol–water partition coefficient (Wildman–Crippen LogP) is 5.01. The number of hydrogen-bond acceptors (Lipinski definition) is 1. The maximum Gasteiger partial charge on any atom is 0.270 e. The molecule has 0 radical (unpaired) electrons. The second kappa shape index (κ2) is 6.81. The predicted molar refractivity (Wildman–Crippen MR) is 77.5 cm³/mol. The fraction of sp³-hybridized carbons (Fsp3) is 0.235. The second-order valence-electron chi connectivity index (χ2n) is 4.49. The van der Waals surface area contributed by atoms with Gasteiger partial charge in [0.25, 0.3) is 5.92 Å². The molecular weight excluding hydrogens is 256 g/mol. The molecule has 1 nitrogen and oxygen atoms in total. The van der Waals surface area contributed by atoms with Crippen LogP contribution in [0.5, 0.6) is 0 Å². The summed E-state index contributed by atoms with van der Waals surface area (Å²) in [7, 11) is 0. The van der Waals surface area contributed by atoms with Crippen molar-refractivity contribution < 1.29 is 8.78 Å². The van der Waals surface area contributed by atoms with Crippen molar-refractivity contribution in [3.05, 3.63) is 71.8 Å². The summed E-state index contributed by atoms with van der Waals surface area (Å²) in [6, 6.07) is 10.9. The quantitative estimate of drug-likeness (QED) is 0.692. The standard InChI is InChI=1S/C17H17F2N/c1-4-5-11-16(17(3,18)19)13(2)15(12-20)14-9-7-6-8-10-14/h4-11,15H,2H2,1,3H3/b5-4-,16-11+. The van der Waals surface area contributed by atoms with Crippen LogP contribution in [-0.2, 0) is 0 Å². The average molecular weight is 273 g/mol. The van der Waals surface area contributed by atoms with E-state index in [9.17, 15) is 14.0 Å². The van der Waals surface area contributed by atoms with E-state index in [4.69, 9.17) is 0 Å². The van der Waals surface area contributed by atoms with Crippen LogP contribution in [0.15, 0.2) is 66.3 Å². The molecule has 0 saturated carbocycles. The van der Waals surface area contributed by atoms with Gasteiger partial charge < -0.3 is 0 Å². The third-order valence-corrected chi connectivity index (χ3v) is 2.88. The number of allylic oxidation sites excluding steroid dienone is 5. The van der Waals surface area contributed by atoms with E-state index in [0.717, 1.165) is 6.92 Å². The first-order valence-electron chi connectivity index (χ1n) is 6.26. The maximum absolute atomic E-state index is 13.7. The molecule has 0 spiro atoms. The van der Waals surface area contributed by atoms with Gasteiger partial charge in [0, 0.05) is 12.5 Å². The first-order chi connectivity index (χ1) is 9.41. The van der Waals surface area contributed by atoms with Gasteiger partial charge in [0.15, 0.2) is 0 Å². The van der Waals surface area contributed by atoms with Crippen molar-refractivity contribution in [3.63, 3.8) is 0 Å². The summed E-state index contributed by atoms with van der Waals surface area (Å²) in [5.41, 5.74) is 0.575. The van der Waals surface area contributed by atoms with Crippen molar-refractivity contribution >= 4 is 0 Å². The fourth-order valence-corrected chi connectivity index (χ4v) is 1.88. The fourth-order valence-electron chi connectivity index (χ4n) is 1.88. The Bertz CT molecular complexity index is 557. The largest absolute Gasteiger partial charge is 0.270 e. The SMILES string of the molecule is C=C(/C(=C\C=C/C)C(C)(F)F)C(C#N)c1ccccc1. The summed E-state index contributed by atoms with van der Waals surface area (Å²) in [4.78, 5) is 0. The van der Waals surface area contributed by atoms with Crippen molar-refractivity contribution in [3.8, 4) is 6.07 Å². The van der Waals surface area contributed by atoms with Crippen LogP contribution < -0.4 is 0 Å². The van der Waals surface area contributed by atoms with Gasteiger partial charge in [0.1, 0.15) is 0 Å². The zero-order valence-electron chi connectivity index (χ0n) is 11.6. The summed E-state index contributed by atoms with van der Waals surface area (Å²) in [6.45, 7) is 6.27. The lowest BCUT2D eigenvalue weighted by molar-refractivity contribution is 0.0655. The number of nitriles is 1. The van der Waals surface area contributed by atoms with Gasteiger partial charge >= 0.3 is 0 Å².